The Bertz CT molecular complexity index is 1020. The summed E-state index contributed by atoms with van der Waals surface area (Å²) in [5, 5.41) is 4.84. The summed E-state index contributed by atoms with van der Waals surface area (Å²) in [6, 6.07) is 13.8. The van der Waals surface area contributed by atoms with Gasteiger partial charge in [-0.2, -0.15) is 0 Å². The van der Waals surface area contributed by atoms with Crippen molar-refractivity contribution in [2.75, 3.05) is 13.2 Å². The van der Waals surface area contributed by atoms with Gasteiger partial charge in [0.25, 0.3) is 0 Å². The van der Waals surface area contributed by atoms with Gasteiger partial charge in [0, 0.05) is 37.4 Å². The van der Waals surface area contributed by atoms with Crippen molar-refractivity contribution in [3.05, 3.63) is 77.5 Å². The number of halogens is 1. The summed E-state index contributed by atoms with van der Waals surface area (Å²) in [6.07, 6.45) is 7.84. The summed E-state index contributed by atoms with van der Waals surface area (Å²) in [7, 11) is 0. The number of ether oxygens (including phenoxy) is 1. The zero-order chi connectivity index (χ0) is 20.5. The van der Waals surface area contributed by atoms with Crippen LogP contribution in [0.1, 0.15) is 36.3 Å². The SMILES string of the molecule is S=C1N[C@H](c2ccccn2)[C@@H](c2cccn2-c2ccc(Cl)cn2)N1C[C@H]1CCCO1. The van der Waals surface area contributed by atoms with Crippen LogP contribution < -0.4 is 5.32 Å². The van der Waals surface area contributed by atoms with Crippen LogP contribution in [0.3, 0.4) is 0 Å². The van der Waals surface area contributed by atoms with E-state index in [1.165, 1.54) is 0 Å². The van der Waals surface area contributed by atoms with Crippen molar-refractivity contribution in [2.45, 2.75) is 31.0 Å². The van der Waals surface area contributed by atoms with E-state index in [4.69, 9.17) is 28.6 Å². The summed E-state index contributed by atoms with van der Waals surface area (Å²) in [6.45, 7) is 1.57. The molecule has 0 bridgehead atoms. The van der Waals surface area contributed by atoms with Gasteiger partial charge in [-0.05, 0) is 61.5 Å². The third kappa shape index (κ3) is 3.69. The largest absolute Gasteiger partial charge is 0.376 e. The number of rotatable bonds is 5. The van der Waals surface area contributed by atoms with Crippen molar-refractivity contribution in [1.29, 1.82) is 0 Å². The summed E-state index contributed by atoms with van der Waals surface area (Å²) < 4.78 is 8.01. The van der Waals surface area contributed by atoms with Crippen LogP contribution >= 0.6 is 23.8 Å². The van der Waals surface area contributed by atoms with Crippen molar-refractivity contribution in [3.8, 4) is 5.82 Å². The molecule has 0 spiro atoms. The highest BCUT2D eigenvalue weighted by atomic mass is 35.5. The number of aromatic nitrogens is 3. The minimum atomic E-state index is -0.0685. The van der Waals surface area contributed by atoms with Crippen LogP contribution in [0, 0.1) is 0 Å². The fourth-order valence-electron chi connectivity index (χ4n) is 4.29. The maximum atomic E-state index is 6.05. The lowest BCUT2D eigenvalue weighted by molar-refractivity contribution is 0.0836. The average Bonchev–Trinajstić information content (AvgIpc) is 3.51. The molecule has 2 saturated heterocycles. The van der Waals surface area contributed by atoms with Crippen molar-refractivity contribution < 1.29 is 4.74 Å². The molecule has 2 aliphatic rings. The molecule has 30 heavy (non-hydrogen) atoms. The van der Waals surface area contributed by atoms with Gasteiger partial charge in [0.15, 0.2) is 5.11 Å². The van der Waals surface area contributed by atoms with Crippen LogP contribution in [0.2, 0.25) is 5.02 Å². The number of nitrogens with one attached hydrogen (secondary N) is 1. The highest BCUT2D eigenvalue weighted by Gasteiger charge is 2.42. The van der Waals surface area contributed by atoms with Gasteiger partial charge in [-0.3, -0.25) is 4.98 Å². The van der Waals surface area contributed by atoms with E-state index in [9.17, 15) is 0 Å². The molecule has 8 heteroatoms. The van der Waals surface area contributed by atoms with Gasteiger partial charge in [0.05, 0.1) is 28.9 Å². The predicted octanol–water partition coefficient (Wildman–Crippen LogP) is 4.07. The summed E-state index contributed by atoms with van der Waals surface area (Å²) >= 11 is 11.8. The molecular weight excluding hydrogens is 418 g/mol. The molecule has 2 fully saturated rings. The fraction of sp³-hybridized carbons (Fsp3) is 0.318. The Labute approximate surface area is 185 Å². The molecular formula is C22H22ClN5OS. The first-order valence-electron chi connectivity index (χ1n) is 10.1. The fourth-order valence-corrected chi connectivity index (χ4v) is 4.71. The second-order valence-corrected chi connectivity index (χ2v) is 8.37. The van der Waals surface area contributed by atoms with Gasteiger partial charge in [0.1, 0.15) is 5.82 Å². The van der Waals surface area contributed by atoms with Gasteiger partial charge >= 0.3 is 0 Å². The molecule has 154 valence electrons. The van der Waals surface area contributed by atoms with Crippen LogP contribution in [0.15, 0.2) is 61.1 Å². The third-order valence-corrected chi connectivity index (χ3v) is 6.24. The highest BCUT2D eigenvalue weighted by molar-refractivity contribution is 7.80. The van der Waals surface area contributed by atoms with Gasteiger partial charge in [-0.1, -0.05) is 17.7 Å². The van der Waals surface area contributed by atoms with Crippen LogP contribution in [0.25, 0.3) is 5.82 Å². The van der Waals surface area contributed by atoms with E-state index in [1.54, 1.807) is 6.20 Å². The molecule has 2 aliphatic heterocycles. The minimum Gasteiger partial charge on any atom is -0.376 e. The van der Waals surface area contributed by atoms with Gasteiger partial charge in [-0.15, -0.1) is 0 Å². The van der Waals surface area contributed by atoms with E-state index in [1.807, 2.05) is 48.8 Å². The maximum Gasteiger partial charge on any atom is 0.170 e. The van der Waals surface area contributed by atoms with Crippen molar-refractivity contribution >= 4 is 28.9 Å². The van der Waals surface area contributed by atoms with Crippen LogP contribution in [0.5, 0.6) is 0 Å². The molecule has 3 atom stereocenters. The molecule has 6 nitrogen and oxygen atoms in total. The molecule has 0 aliphatic carbocycles. The monoisotopic (exact) mass is 439 g/mol. The topological polar surface area (TPSA) is 55.2 Å². The lowest BCUT2D eigenvalue weighted by Crippen LogP contribution is -2.36. The molecule has 0 amide bonds. The Morgan fingerprint density at radius 2 is 2.10 bits per heavy atom. The number of pyridine rings is 2. The first kappa shape index (κ1) is 19.5. The van der Waals surface area contributed by atoms with Crippen LogP contribution in [-0.2, 0) is 4.74 Å². The number of hydrogen-bond donors (Lipinski definition) is 1. The second kappa shape index (κ2) is 8.34. The summed E-state index contributed by atoms with van der Waals surface area (Å²) in [5.41, 5.74) is 2.04. The zero-order valence-electron chi connectivity index (χ0n) is 16.3. The third-order valence-electron chi connectivity index (χ3n) is 5.66. The quantitative estimate of drug-likeness (QED) is 0.605. The number of thiocarbonyl (C=S) groups is 1. The van der Waals surface area contributed by atoms with E-state index in [2.05, 4.69) is 30.8 Å². The molecule has 5 heterocycles. The predicted molar refractivity (Wildman–Crippen MR) is 120 cm³/mol. The highest BCUT2D eigenvalue weighted by Crippen LogP contribution is 2.40. The Hall–Kier alpha value is -2.48. The Morgan fingerprint density at radius 1 is 1.17 bits per heavy atom. The first-order valence-corrected chi connectivity index (χ1v) is 10.9. The lowest BCUT2D eigenvalue weighted by atomic mass is 10.0. The average molecular weight is 440 g/mol. The van der Waals surface area contributed by atoms with Gasteiger partial charge < -0.3 is 19.5 Å². The maximum absolute atomic E-state index is 6.05. The Balaban J connectivity index is 1.56. The number of nitrogens with zero attached hydrogens (tertiary/aromatic N) is 4. The molecule has 0 saturated carbocycles. The normalized spacial score (nSPS) is 23.7. The minimum absolute atomic E-state index is 0.0379. The van der Waals surface area contributed by atoms with Crippen molar-refractivity contribution in [1.82, 2.24) is 24.8 Å². The standard InChI is InChI=1S/C22H22ClN5OS/c23-15-8-9-19(25-13-15)27-11-3-7-18(27)21-20(17-6-1-2-10-24-17)26-22(30)28(21)14-16-5-4-12-29-16/h1-3,6-11,13,16,20-21H,4-5,12,14H2,(H,26,30)/t16-,20-,21-/m1/s1. The molecule has 5 rings (SSSR count). The van der Waals surface area contributed by atoms with Gasteiger partial charge in [-0.25, -0.2) is 4.98 Å². The van der Waals surface area contributed by atoms with Crippen LogP contribution in [-0.4, -0.2) is 43.8 Å². The Kier molecular flexibility index (Phi) is 5.41. The second-order valence-electron chi connectivity index (χ2n) is 7.55. The van der Waals surface area contributed by atoms with E-state index in [-0.39, 0.29) is 18.2 Å². The molecule has 0 unspecified atom stereocenters. The van der Waals surface area contributed by atoms with E-state index >= 15 is 0 Å². The van der Waals surface area contributed by atoms with Crippen molar-refractivity contribution in [2.24, 2.45) is 0 Å². The smallest absolute Gasteiger partial charge is 0.170 e. The Morgan fingerprint density at radius 3 is 2.83 bits per heavy atom. The molecule has 3 aromatic heterocycles. The van der Waals surface area contributed by atoms with E-state index < -0.39 is 0 Å². The summed E-state index contributed by atoms with van der Waals surface area (Å²) in [5.74, 6) is 0.814. The molecule has 0 radical (unpaired) electrons. The molecule has 3 aromatic rings. The van der Waals surface area contributed by atoms with E-state index in [0.29, 0.717) is 5.02 Å². The number of hydrogen-bond acceptors (Lipinski definition) is 4. The zero-order valence-corrected chi connectivity index (χ0v) is 17.9. The van der Waals surface area contributed by atoms with E-state index in [0.717, 1.165) is 48.3 Å². The lowest BCUT2D eigenvalue weighted by Gasteiger charge is -2.30. The van der Waals surface area contributed by atoms with Crippen LogP contribution in [0.4, 0.5) is 0 Å². The molecule has 1 N–H and O–H groups in total. The molecule has 0 aromatic carbocycles. The summed E-state index contributed by atoms with van der Waals surface area (Å²) in [4.78, 5) is 11.4. The van der Waals surface area contributed by atoms with Gasteiger partial charge in [0.2, 0.25) is 0 Å². The first-order chi connectivity index (χ1) is 14.7. The van der Waals surface area contributed by atoms with Crippen molar-refractivity contribution in [3.63, 3.8) is 0 Å².